The Morgan fingerprint density at radius 3 is 2.45 bits per heavy atom. The zero-order chi connectivity index (χ0) is 15.9. The summed E-state index contributed by atoms with van der Waals surface area (Å²) in [6, 6.07) is 5.28. The third-order valence-electron chi connectivity index (χ3n) is 3.21. The molecule has 2 rings (SSSR count). The van der Waals surface area contributed by atoms with Crippen molar-refractivity contribution in [1.29, 1.82) is 0 Å². The smallest absolute Gasteiger partial charge is 0.387 e. The van der Waals surface area contributed by atoms with Crippen LogP contribution in [0.25, 0.3) is 0 Å². The van der Waals surface area contributed by atoms with Gasteiger partial charge in [-0.25, -0.2) is 0 Å². The molecule has 8 heteroatoms. The zero-order valence-corrected chi connectivity index (χ0v) is 11.9. The average Bonchev–Trinajstić information content (AvgIpc) is 2.53. The first kappa shape index (κ1) is 16.2. The number of ether oxygens (including phenoxy) is 1. The molecule has 120 valence electrons. The minimum Gasteiger partial charge on any atom is -0.435 e. The van der Waals surface area contributed by atoms with Gasteiger partial charge in [0.05, 0.1) is 6.54 Å². The lowest BCUT2D eigenvalue weighted by molar-refractivity contribution is -0.130. The van der Waals surface area contributed by atoms with Crippen molar-refractivity contribution < 1.29 is 23.1 Å². The van der Waals surface area contributed by atoms with E-state index >= 15 is 0 Å². The Kier molecular flexibility index (Phi) is 5.65. The normalized spacial score (nSPS) is 14.8. The molecule has 6 nitrogen and oxygen atoms in total. The Balaban J connectivity index is 1.82. The molecule has 1 aromatic rings. The molecule has 0 unspecified atom stereocenters. The molecule has 0 bridgehead atoms. The summed E-state index contributed by atoms with van der Waals surface area (Å²) in [6.45, 7) is -0.274. The maximum absolute atomic E-state index is 12.0. The van der Waals surface area contributed by atoms with Crippen molar-refractivity contribution in [1.82, 2.24) is 15.5 Å². The lowest BCUT2D eigenvalue weighted by Gasteiger charge is -2.27. The number of piperazine rings is 1. The van der Waals surface area contributed by atoms with Gasteiger partial charge < -0.3 is 20.3 Å². The van der Waals surface area contributed by atoms with Crippen molar-refractivity contribution in [3.8, 4) is 5.75 Å². The minimum absolute atomic E-state index is 0.0246. The lowest BCUT2D eigenvalue weighted by atomic mass is 10.2. The van der Waals surface area contributed by atoms with Gasteiger partial charge in [0.2, 0.25) is 5.91 Å². The molecule has 0 saturated carbocycles. The number of alkyl halides is 2. The molecule has 1 heterocycles. The van der Waals surface area contributed by atoms with Crippen LogP contribution >= 0.6 is 0 Å². The lowest BCUT2D eigenvalue weighted by Crippen LogP contribution is -2.49. The number of amides is 2. The molecule has 0 aromatic heterocycles. The highest BCUT2D eigenvalue weighted by Crippen LogP contribution is 2.14. The number of carbonyl (C=O) groups excluding carboxylic acids is 2. The summed E-state index contributed by atoms with van der Waals surface area (Å²) >= 11 is 0. The van der Waals surface area contributed by atoms with Gasteiger partial charge in [0.15, 0.2) is 0 Å². The highest BCUT2D eigenvalue weighted by Gasteiger charge is 2.17. The van der Waals surface area contributed by atoms with Crippen LogP contribution in [0.5, 0.6) is 5.75 Å². The summed E-state index contributed by atoms with van der Waals surface area (Å²) in [4.78, 5) is 25.4. The van der Waals surface area contributed by atoms with E-state index < -0.39 is 12.5 Å². The van der Waals surface area contributed by atoms with Gasteiger partial charge in [0, 0.05) is 31.7 Å². The SMILES string of the molecule is O=C(NCC(=O)N1CCNCC1)c1ccc(OC(F)F)cc1. The Labute approximate surface area is 126 Å². The van der Waals surface area contributed by atoms with Crippen LogP contribution in [0.4, 0.5) is 8.78 Å². The van der Waals surface area contributed by atoms with Crippen molar-refractivity contribution in [3.63, 3.8) is 0 Å². The monoisotopic (exact) mass is 313 g/mol. The number of hydrogen-bond acceptors (Lipinski definition) is 4. The molecule has 1 saturated heterocycles. The molecular weight excluding hydrogens is 296 g/mol. The molecule has 22 heavy (non-hydrogen) atoms. The molecule has 0 atom stereocenters. The van der Waals surface area contributed by atoms with Crippen molar-refractivity contribution in [2.45, 2.75) is 6.61 Å². The van der Waals surface area contributed by atoms with Crippen LogP contribution in [0, 0.1) is 0 Å². The van der Waals surface area contributed by atoms with E-state index in [1.165, 1.54) is 24.3 Å². The summed E-state index contributed by atoms with van der Waals surface area (Å²) < 4.78 is 28.2. The van der Waals surface area contributed by atoms with E-state index in [2.05, 4.69) is 15.4 Å². The van der Waals surface area contributed by atoms with Crippen LogP contribution in [0.15, 0.2) is 24.3 Å². The van der Waals surface area contributed by atoms with Gasteiger partial charge in [-0.3, -0.25) is 9.59 Å². The quantitative estimate of drug-likeness (QED) is 0.828. The van der Waals surface area contributed by atoms with Gasteiger partial charge in [-0.1, -0.05) is 0 Å². The fourth-order valence-corrected chi connectivity index (χ4v) is 2.07. The number of carbonyl (C=O) groups is 2. The van der Waals surface area contributed by atoms with E-state index in [1.807, 2.05) is 0 Å². The number of hydrogen-bond donors (Lipinski definition) is 2. The number of rotatable bonds is 5. The van der Waals surface area contributed by atoms with Crippen LogP contribution in [0.1, 0.15) is 10.4 Å². The van der Waals surface area contributed by atoms with Crippen LogP contribution in [-0.2, 0) is 4.79 Å². The van der Waals surface area contributed by atoms with Crippen molar-refractivity contribution in [2.24, 2.45) is 0 Å². The second-order valence-corrected chi connectivity index (χ2v) is 4.72. The van der Waals surface area contributed by atoms with E-state index in [0.717, 1.165) is 13.1 Å². The van der Waals surface area contributed by atoms with E-state index in [-0.39, 0.29) is 23.8 Å². The molecule has 2 N–H and O–H groups in total. The molecule has 1 aliphatic rings. The Hall–Kier alpha value is -2.22. The van der Waals surface area contributed by atoms with Crippen LogP contribution in [-0.4, -0.2) is 56.0 Å². The predicted octanol–water partition coefficient (Wildman–Crippen LogP) is 0.450. The third kappa shape index (κ3) is 4.66. The highest BCUT2D eigenvalue weighted by atomic mass is 19.3. The zero-order valence-electron chi connectivity index (χ0n) is 11.9. The van der Waals surface area contributed by atoms with Crippen LogP contribution < -0.4 is 15.4 Å². The topological polar surface area (TPSA) is 70.7 Å². The molecule has 0 aliphatic carbocycles. The summed E-state index contributed by atoms with van der Waals surface area (Å²) in [5, 5.41) is 5.65. The van der Waals surface area contributed by atoms with Crippen LogP contribution in [0.2, 0.25) is 0 Å². The maximum Gasteiger partial charge on any atom is 0.387 e. The highest BCUT2D eigenvalue weighted by molar-refractivity contribution is 5.96. The van der Waals surface area contributed by atoms with E-state index in [0.29, 0.717) is 13.1 Å². The maximum atomic E-state index is 12.0. The van der Waals surface area contributed by atoms with Crippen molar-refractivity contribution in [3.05, 3.63) is 29.8 Å². The fourth-order valence-electron chi connectivity index (χ4n) is 2.07. The minimum atomic E-state index is -2.91. The van der Waals surface area contributed by atoms with Gasteiger partial charge in [0.1, 0.15) is 5.75 Å². The molecule has 1 fully saturated rings. The molecule has 1 aliphatic heterocycles. The van der Waals surface area contributed by atoms with Gasteiger partial charge >= 0.3 is 6.61 Å². The first-order valence-electron chi connectivity index (χ1n) is 6.88. The number of nitrogens with zero attached hydrogens (tertiary/aromatic N) is 1. The predicted molar refractivity (Wildman–Crippen MR) is 74.9 cm³/mol. The van der Waals surface area contributed by atoms with E-state index in [1.54, 1.807) is 4.90 Å². The second-order valence-electron chi connectivity index (χ2n) is 4.72. The number of halogens is 2. The van der Waals surface area contributed by atoms with E-state index in [9.17, 15) is 18.4 Å². The second kappa shape index (κ2) is 7.69. The number of benzene rings is 1. The van der Waals surface area contributed by atoms with Crippen LogP contribution in [0.3, 0.4) is 0 Å². The standard InChI is InChI=1S/C14H17F2N3O3/c15-14(16)22-11-3-1-10(2-4-11)13(21)18-9-12(20)19-7-5-17-6-8-19/h1-4,14,17H,5-9H2,(H,18,21). The summed E-state index contributed by atoms with van der Waals surface area (Å²) in [7, 11) is 0. The number of nitrogens with one attached hydrogen (secondary N) is 2. The van der Waals surface area contributed by atoms with Gasteiger partial charge in [-0.05, 0) is 24.3 Å². The van der Waals surface area contributed by atoms with Crippen molar-refractivity contribution >= 4 is 11.8 Å². The first-order valence-corrected chi connectivity index (χ1v) is 6.88. The Bertz CT molecular complexity index is 517. The van der Waals surface area contributed by atoms with Gasteiger partial charge in [-0.15, -0.1) is 0 Å². The largest absolute Gasteiger partial charge is 0.435 e. The average molecular weight is 313 g/mol. The molecule has 1 aromatic carbocycles. The first-order chi connectivity index (χ1) is 10.6. The Morgan fingerprint density at radius 2 is 1.86 bits per heavy atom. The molecule has 2 amide bonds. The van der Waals surface area contributed by atoms with E-state index in [4.69, 9.17) is 0 Å². The molecule has 0 radical (unpaired) electrons. The Morgan fingerprint density at radius 1 is 1.23 bits per heavy atom. The molecular formula is C14H17F2N3O3. The van der Waals surface area contributed by atoms with Gasteiger partial charge in [-0.2, -0.15) is 8.78 Å². The van der Waals surface area contributed by atoms with Crippen molar-refractivity contribution in [2.75, 3.05) is 32.7 Å². The fraction of sp³-hybridized carbons (Fsp3) is 0.429. The van der Waals surface area contributed by atoms with Gasteiger partial charge in [0.25, 0.3) is 5.91 Å². The third-order valence-corrected chi connectivity index (χ3v) is 3.21. The summed E-state index contributed by atoms with van der Waals surface area (Å²) in [6.07, 6.45) is 0. The molecule has 0 spiro atoms. The summed E-state index contributed by atoms with van der Waals surface area (Å²) in [5.41, 5.74) is 0.273. The summed E-state index contributed by atoms with van der Waals surface area (Å²) in [5.74, 6) is -0.608.